The predicted molar refractivity (Wildman–Crippen MR) is 135 cm³/mol. The van der Waals surface area contributed by atoms with Crippen molar-refractivity contribution in [2.24, 2.45) is 5.10 Å². The topological polar surface area (TPSA) is 20.5 Å². The van der Waals surface area contributed by atoms with E-state index < -0.39 is 0 Å². The lowest BCUT2D eigenvalue weighted by atomic mass is 9.99. The van der Waals surface area contributed by atoms with Crippen LogP contribution in [0.1, 0.15) is 30.9 Å². The van der Waals surface area contributed by atoms with Gasteiger partial charge in [0.05, 0.1) is 29.0 Å². The van der Waals surface area contributed by atoms with Crippen molar-refractivity contribution in [3.63, 3.8) is 0 Å². The molecule has 4 aromatic carbocycles. The van der Waals surface area contributed by atoms with E-state index in [0.29, 0.717) is 12.0 Å². The first-order chi connectivity index (χ1) is 15.7. The number of anilines is 1. The lowest BCUT2D eigenvalue weighted by Gasteiger charge is -2.20. The van der Waals surface area contributed by atoms with Crippen molar-refractivity contribution in [3.8, 4) is 5.69 Å². The minimum Gasteiger partial charge on any atom is -0.309 e. The van der Waals surface area contributed by atoms with E-state index in [1.165, 1.54) is 38.7 Å². The van der Waals surface area contributed by atoms with Crippen LogP contribution in [0.3, 0.4) is 0 Å². The molecule has 32 heavy (non-hydrogen) atoms. The molecule has 1 aliphatic rings. The Kier molecular flexibility index (Phi) is 4.36. The van der Waals surface area contributed by atoms with E-state index in [4.69, 9.17) is 5.10 Å². The Labute approximate surface area is 188 Å². The van der Waals surface area contributed by atoms with Gasteiger partial charge in [-0.2, -0.15) is 5.10 Å². The van der Waals surface area contributed by atoms with Gasteiger partial charge in [-0.05, 0) is 54.4 Å². The summed E-state index contributed by atoms with van der Waals surface area (Å²) >= 11 is 0. The van der Waals surface area contributed by atoms with Crippen LogP contribution in [0.4, 0.5) is 5.69 Å². The SMILES string of the molecule is CC1c2ccccc2N(/N=C/c2ccc3c(c2)c2ccccc2n3-c2ccccc2)C1C. The monoisotopic (exact) mass is 415 g/mol. The van der Waals surface area contributed by atoms with Crippen LogP contribution in [0.5, 0.6) is 0 Å². The molecule has 6 rings (SSSR count). The average Bonchev–Trinajstić information content (AvgIpc) is 3.30. The number of hydrazone groups is 1. The van der Waals surface area contributed by atoms with Gasteiger partial charge in [-0.15, -0.1) is 0 Å². The Morgan fingerprint density at radius 1 is 0.719 bits per heavy atom. The highest BCUT2D eigenvalue weighted by molar-refractivity contribution is 6.10. The molecule has 3 nitrogen and oxygen atoms in total. The minimum absolute atomic E-state index is 0.340. The van der Waals surface area contributed by atoms with Crippen LogP contribution in [0, 0.1) is 0 Å². The van der Waals surface area contributed by atoms with Crippen LogP contribution in [-0.4, -0.2) is 16.8 Å². The van der Waals surface area contributed by atoms with Gasteiger partial charge in [-0.1, -0.05) is 67.6 Å². The number of fused-ring (bicyclic) bond motifs is 4. The lowest BCUT2D eigenvalue weighted by molar-refractivity contribution is 0.607. The molecule has 2 unspecified atom stereocenters. The minimum atomic E-state index is 0.340. The van der Waals surface area contributed by atoms with Gasteiger partial charge in [0, 0.05) is 22.4 Å². The van der Waals surface area contributed by atoms with Crippen LogP contribution in [0.15, 0.2) is 102 Å². The van der Waals surface area contributed by atoms with Crippen molar-refractivity contribution in [1.29, 1.82) is 0 Å². The number of aromatic nitrogens is 1. The fourth-order valence-corrected chi connectivity index (χ4v) is 4.99. The zero-order valence-corrected chi connectivity index (χ0v) is 18.3. The van der Waals surface area contributed by atoms with Crippen LogP contribution < -0.4 is 5.01 Å². The maximum Gasteiger partial charge on any atom is 0.0632 e. The van der Waals surface area contributed by atoms with Crippen molar-refractivity contribution in [3.05, 3.63) is 108 Å². The highest BCUT2D eigenvalue weighted by atomic mass is 15.5. The Bertz CT molecular complexity index is 1460. The molecule has 0 spiro atoms. The van der Waals surface area contributed by atoms with Gasteiger partial charge >= 0.3 is 0 Å². The molecule has 1 aliphatic heterocycles. The van der Waals surface area contributed by atoms with Gasteiger partial charge in [-0.25, -0.2) is 0 Å². The molecular weight excluding hydrogens is 390 g/mol. The van der Waals surface area contributed by atoms with E-state index in [2.05, 4.69) is 120 Å². The van der Waals surface area contributed by atoms with Gasteiger partial charge in [0.25, 0.3) is 0 Å². The van der Waals surface area contributed by atoms with Gasteiger partial charge in [-0.3, -0.25) is 5.01 Å². The highest BCUT2D eigenvalue weighted by Gasteiger charge is 2.32. The van der Waals surface area contributed by atoms with Crippen molar-refractivity contribution in [1.82, 2.24) is 4.57 Å². The summed E-state index contributed by atoms with van der Waals surface area (Å²) in [5.41, 5.74) is 7.31. The smallest absolute Gasteiger partial charge is 0.0632 e. The Morgan fingerprint density at radius 3 is 2.31 bits per heavy atom. The van der Waals surface area contributed by atoms with Crippen LogP contribution in [0.2, 0.25) is 0 Å². The fraction of sp³-hybridized carbons (Fsp3) is 0.138. The van der Waals surface area contributed by atoms with E-state index >= 15 is 0 Å². The number of hydrogen-bond donors (Lipinski definition) is 0. The second-order valence-corrected chi connectivity index (χ2v) is 8.64. The van der Waals surface area contributed by atoms with E-state index in [9.17, 15) is 0 Å². The third-order valence-electron chi connectivity index (χ3n) is 6.83. The molecule has 0 fully saturated rings. The second-order valence-electron chi connectivity index (χ2n) is 8.64. The number of benzene rings is 4. The molecule has 0 saturated heterocycles. The molecule has 3 heteroatoms. The summed E-state index contributed by atoms with van der Waals surface area (Å²) in [7, 11) is 0. The molecule has 156 valence electrons. The lowest BCUT2D eigenvalue weighted by Crippen LogP contribution is -2.25. The summed E-state index contributed by atoms with van der Waals surface area (Å²) in [6.07, 6.45) is 2.00. The van der Waals surface area contributed by atoms with Crippen molar-refractivity contribution < 1.29 is 0 Å². The standard InChI is InChI=1S/C29H25N3/c1-20-21(2)32(29-15-9-6-12-24(20)29)30-19-22-16-17-28-26(18-22)25-13-7-8-14-27(25)31(28)23-10-4-3-5-11-23/h3-21H,1-2H3/b30-19+. The van der Waals surface area contributed by atoms with Crippen LogP contribution in [0.25, 0.3) is 27.5 Å². The van der Waals surface area contributed by atoms with E-state index in [1.807, 2.05) is 6.21 Å². The number of hydrogen-bond acceptors (Lipinski definition) is 2. The van der Waals surface area contributed by atoms with E-state index in [-0.39, 0.29) is 0 Å². The van der Waals surface area contributed by atoms with E-state index in [1.54, 1.807) is 0 Å². The first-order valence-electron chi connectivity index (χ1n) is 11.2. The summed E-state index contributed by atoms with van der Waals surface area (Å²) in [6, 6.07) is 34.8. The predicted octanol–water partition coefficient (Wildman–Crippen LogP) is 7.13. The molecule has 2 heterocycles. The quantitative estimate of drug-likeness (QED) is 0.287. The van der Waals surface area contributed by atoms with Crippen molar-refractivity contribution in [2.75, 3.05) is 5.01 Å². The van der Waals surface area contributed by atoms with Gasteiger partial charge in [0.2, 0.25) is 0 Å². The zero-order valence-electron chi connectivity index (χ0n) is 18.3. The van der Waals surface area contributed by atoms with Gasteiger partial charge < -0.3 is 4.57 Å². The number of para-hydroxylation sites is 3. The molecule has 0 amide bonds. The second kappa shape index (κ2) is 7.38. The molecular formula is C29H25N3. The number of nitrogens with zero attached hydrogens (tertiary/aromatic N) is 3. The largest absolute Gasteiger partial charge is 0.309 e. The van der Waals surface area contributed by atoms with E-state index in [0.717, 1.165) is 5.56 Å². The van der Waals surface area contributed by atoms with Crippen LogP contribution in [-0.2, 0) is 0 Å². The summed E-state index contributed by atoms with van der Waals surface area (Å²) < 4.78 is 2.34. The van der Waals surface area contributed by atoms with Crippen LogP contribution >= 0.6 is 0 Å². The first-order valence-corrected chi connectivity index (χ1v) is 11.2. The zero-order chi connectivity index (χ0) is 21.7. The Morgan fingerprint density at radius 2 is 1.44 bits per heavy atom. The molecule has 0 saturated carbocycles. The number of rotatable bonds is 3. The molecule has 1 aromatic heterocycles. The van der Waals surface area contributed by atoms with Gasteiger partial charge in [0.1, 0.15) is 0 Å². The Hall–Kier alpha value is -3.85. The molecule has 0 N–H and O–H groups in total. The fourth-order valence-electron chi connectivity index (χ4n) is 4.99. The molecule has 0 radical (unpaired) electrons. The normalized spacial score (nSPS) is 18.1. The maximum atomic E-state index is 4.92. The summed E-state index contributed by atoms with van der Waals surface area (Å²) in [5.74, 6) is 0.467. The molecule has 0 aliphatic carbocycles. The average molecular weight is 416 g/mol. The highest BCUT2D eigenvalue weighted by Crippen LogP contribution is 2.40. The summed E-state index contributed by atoms with van der Waals surface area (Å²) in [4.78, 5) is 0. The van der Waals surface area contributed by atoms with Crippen molar-refractivity contribution >= 4 is 33.7 Å². The summed E-state index contributed by atoms with van der Waals surface area (Å²) in [6.45, 7) is 4.53. The molecule has 2 atom stereocenters. The summed E-state index contributed by atoms with van der Waals surface area (Å²) in [5, 5.41) is 9.59. The third kappa shape index (κ3) is 2.85. The van der Waals surface area contributed by atoms with Crippen molar-refractivity contribution in [2.45, 2.75) is 25.8 Å². The third-order valence-corrected chi connectivity index (χ3v) is 6.83. The molecule has 0 bridgehead atoms. The van der Waals surface area contributed by atoms with Gasteiger partial charge in [0.15, 0.2) is 0 Å². The maximum absolute atomic E-state index is 4.92. The Balaban J connectivity index is 1.45. The molecule has 5 aromatic rings. The first kappa shape index (κ1) is 18.9.